The van der Waals surface area contributed by atoms with Crippen molar-refractivity contribution in [1.82, 2.24) is 4.90 Å². The first-order chi connectivity index (χ1) is 13.0. The Hall–Kier alpha value is -2.02. The molecule has 2 aromatic rings. The molecule has 0 aliphatic heterocycles. The van der Waals surface area contributed by atoms with Crippen molar-refractivity contribution in [2.45, 2.75) is 33.0 Å². The van der Waals surface area contributed by atoms with Gasteiger partial charge in [-0.1, -0.05) is 19.9 Å². The van der Waals surface area contributed by atoms with E-state index in [0.29, 0.717) is 50.3 Å². The molecule has 0 spiro atoms. The number of aliphatic hydroxyl groups is 1. The third kappa shape index (κ3) is 7.25. The lowest BCUT2D eigenvalue weighted by Gasteiger charge is -2.25. The van der Waals surface area contributed by atoms with Gasteiger partial charge in [-0.25, -0.2) is 0 Å². The Kier molecular flexibility index (Phi) is 8.64. The SMILES string of the molecule is COc1ccc(CN(Cc2ccco2)C[C@@H](O)COCC(C)C)cc1OC. The van der Waals surface area contributed by atoms with Crippen LogP contribution in [0.25, 0.3) is 0 Å². The second-order valence-electron chi connectivity index (χ2n) is 7.02. The Morgan fingerprint density at radius 3 is 2.44 bits per heavy atom. The molecule has 6 nitrogen and oxygen atoms in total. The van der Waals surface area contributed by atoms with Crippen LogP contribution in [-0.4, -0.2) is 50.1 Å². The van der Waals surface area contributed by atoms with Gasteiger partial charge < -0.3 is 23.7 Å². The lowest BCUT2D eigenvalue weighted by molar-refractivity contribution is 0.00459. The molecule has 27 heavy (non-hydrogen) atoms. The van der Waals surface area contributed by atoms with Crippen LogP contribution in [-0.2, 0) is 17.8 Å². The number of ether oxygens (including phenoxy) is 3. The van der Waals surface area contributed by atoms with E-state index in [1.54, 1.807) is 20.5 Å². The van der Waals surface area contributed by atoms with E-state index in [2.05, 4.69) is 18.7 Å². The highest BCUT2D eigenvalue weighted by Gasteiger charge is 2.16. The molecule has 0 amide bonds. The predicted molar refractivity (Wildman–Crippen MR) is 104 cm³/mol. The standard InChI is InChI=1S/C21H31NO5/c1-16(2)14-26-15-18(23)12-22(13-19-6-5-9-27-19)11-17-7-8-20(24-3)21(10-17)25-4/h5-10,16,18,23H,11-15H2,1-4H3/t18-/m1/s1. The first-order valence-corrected chi connectivity index (χ1v) is 9.23. The zero-order chi connectivity index (χ0) is 19.6. The molecule has 6 heteroatoms. The molecule has 0 aliphatic rings. The fourth-order valence-electron chi connectivity index (χ4n) is 2.84. The van der Waals surface area contributed by atoms with Crippen molar-refractivity contribution in [2.24, 2.45) is 5.92 Å². The molecular formula is C21H31NO5. The average Bonchev–Trinajstić information content (AvgIpc) is 3.14. The molecule has 1 atom stereocenters. The van der Waals surface area contributed by atoms with Gasteiger partial charge in [0.05, 0.1) is 39.7 Å². The summed E-state index contributed by atoms with van der Waals surface area (Å²) >= 11 is 0. The average molecular weight is 377 g/mol. The van der Waals surface area contributed by atoms with E-state index in [0.717, 1.165) is 11.3 Å². The summed E-state index contributed by atoms with van der Waals surface area (Å²) in [5.74, 6) is 2.68. The van der Waals surface area contributed by atoms with Gasteiger partial charge in [-0.05, 0) is 35.7 Å². The van der Waals surface area contributed by atoms with Crippen molar-refractivity contribution in [1.29, 1.82) is 0 Å². The maximum absolute atomic E-state index is 10.4. The summed E-state index contributed by atoms with van der Waals surface area (Å²) in [4.78, 5) is 2.13. The molecule has 1 aromatic carbocycles. The van der Waals surface area contributed by atoms with Crippen LogP contribution in [0.2, 0.25) is 0 Å². The summed E-state index contributed by atoms with van der Waals surface area (Å²) < 4.78 is 21.7. The van der Waals surface area contributed by atoms with E-state index < -0.39 is 6.10 Å². The first-order valence-electron chi connectivity index (χ1n) is 9.23. The number of aliphatic hydroxyl groups excluding tert-OH is 1. The third-order valence-corrected chi connectivity index (χ3v) is 4.04. The molecule has 0 saturated carbocycles. The Morgan fingerprint density at radius 2 is 1.81 bits per heavy atom. The molecule has 0 aliphatic carbocycles. The van der Waals surface area contributed by atoms with E-state index in [-0.39, 0.29) is 0 Å². The summed E-state index contributed by atoms with van der Waals surface area (Å²) in [5.41, 5.74) is 1.06. The number of furan rings is 1. The van der Waals surface area contributed by atoms with Crippen molar-refractivity contribution in [2.75, 3.05) is 34.0 Å². The molecular weight excluding hydrogens is 346 g/mol. The van der Waals surface area contributed by atoms with E-state index in [1.807, 2.05) is 30.3 Å². The second kappa shape index (κ2) is 11.0. The van der Waals surface area contributed by atoms with Gasteiger partial charge in [-0.15, -0.1) is 0 Å². The number of methoxy groups -OCH3 is 2. The molecule has 0 fully saturated rings. The van der Waals surface area contributed by atoms with E-state index >= 15 is 0 Å². The van der Waals surface area contributed by atoms with Crippen molar-refractivity contribution in [3.8, 4) is 11.5 Å². The molecule has 0 radical (unpaired) electrons. The van der Waals surface area contributed by atoms with Crippen molar-refractivity contribution in [3.63, 3.8) is 0 Å². The quantitative estimate of drug-likeness (QED) is 0.612. The van der Waals surface area contributed by atoms with Crippen molar-refractivity contribution >= 4 is 0 Å². The molecule has 0 bridgehead atoms. The van der Waals surface area contributed by atoms with Crippen LogP contribution in [0.15, 0.2) is 41.0 Å². The van der Waals surface area contributed by atoms with Crippen molar-refractivity contribution in [3.05, 3.63) is 47.9 Å². The Bertz CT molecular complexity index is 657. The van der Waals surface area contributed by atoms with Gasteiger partial charge in [0.1, 0.15) is 5.76 Å². The minimum absolute atomic E-state index is 0.318. The summed E-state index contributed by atoms with van der Waals surface area (Å²) in [5, 5.41) is 10.4. The van der Waals surface area contributed by atoms with Crippen LogP contribution in [0.3, 0.4) is 0 Å². The Morgan fingerprint density at radius 1 is 1.04 bits per heavy atom. The Balaban J connectivity index is 2.03. The molecule has 0 unspecified atom stereocenters. The monoisotopic (exact) mass is 377 g/mol. The summed E-state index contributed by atoms with van der Waals surface area (Å²) in [6, 6.07) is 9.64. The van der Waals surface area contributed by atoms with E-state index in [4.69, 9.17) is 18.6 Å². The fourth-order valence-corrected chi connectivity index (χ4v) is 2.84. The minimum Gasteiger partial charge on any atom is -0.493 e. The molecule has 1 heterocycles. The van der Waals surface area contributed by atoms with Gasteiger partial charge in [-0.2, -0.15) is 0 Å². The number of hydrogen-bond acceptors (Lipinski definition) is 6. The van der Waals surface area contributed by atoms with Crippen LogP contribution >= 0.6 is 0 Å². The molecule has 2 rings (SSSR count). The van der Waals surface area contributed by atoms with E-state index in [1.165, 1.54) is 0 Å². The van der Waals surface area contributed by atoms with Crippen LogP contribution in [0.1, 0.15) is 25.2 Å². The fraction of sp³-hybridized carbons (Fsp3) is 0.524. The highest BCUT2D eigenvalue weighted by molar-refractivity contribution is 5.42. The maximum atomic E-state index is 10.4. The van der Waals surface area contributed by atoms with Crippen LogP contribution in [0.4, 0.5) is 0 Å². The van der Waals surface area contributed by atoms with Gasteiger partial charge >= 0.3 is 0 Å². The lowest BCUT2D eigenvalue weighted by atomic mass is 10.1. The molecule has 1 aromatic heterocycles. The van der Waals surface area contributed by atoms with Gasteiger partial charge in [0.2, 0.25) is 0 Å². The molecule has 0 saturated heterocycles. The number of hydrogen-bond donors (Lipinski definition) is 1. The van der Waals surface area contributed by atoms with Gasteiger partial charge in [0, 0.05) is 19.7 Å². The zero-order valence-electron chi connectivity index (χ0n) is 16.7. The summed E-state index contributed by atoms with van der Waals surface area (Å²) in [6.07, 6.45) is 1.09. The maximum Gasteiger partial charge on any atom is 0.161 e. The minimum atomic E-state index is -0.571. The van der Waals surface area contributed by atoms with Gasteiger partial charge in [0.15, 0.2) is 11.5 Å². The molecule has 150 valence electrons. The Labute approximate surface area is 161 Å². The summed E-state index contributed by atoms with van der Waals surface area (Å²) in [6.45, 7) is 6.86. The number of nitrogens with zero attached hydrogens (tertiary/aromatic N) is 1. The van der Waals surface area contributed by atoms with Crippen LogP contribution < -0.4 is 9.47 Å². The van der Waals surface area contributed by atoms with Crippen LogP contribution in [0, 0.1) is 5.92 Å². The topological polar surface area (TPSA) is 64.3 Å². The largest absolute Gasteiger partial charge is 0.493 e. The van der Waals surface area contributed by atoms with Gasteiger partial charge in [-0.3, -0.25) is 4.90 Å². The first kappa shape index (κ1) is 21.3. The van der Waals surface area contributed by atoms with Gasteiger partial charge in [0.25, 0.3) is 0 Å². The lowest BCUT2D eigenvalue weighted by Crippen LogP contribution is -2.34. The predicted octanol–water partition coefficient (Wildman–Crippen LogP) is 3.33. The number of rotatable bonds is 12. The van der Waals surface area contributed by atoms with E-state index in [9.17, 15) is 5.11 Å². The second-order valence-corrected chi connectivity index (χ2v) is 7.02. The molecule has 1 N–H and O–H groups in total. The highest BCUT2D eigenvalue weighted by Crippen LogP contribution is 2.28. The normalized spacial score (nSPS) is 12.6. The van der Waals surface area contributed by atoms with Crippen LogP contribution in [0.5, 0.6) is 11.5 Å². The highest BCUT2D eigenvalue weighted by atomic mass is 16.5. The smallest absolute Gasteiger partial charge is 0.161 e. The number of benzene rings is 1. The van der Waals surface area contributed by atoms with Crippen molar-refractivity contribution < 1.29 is 23.7 Å². The third-order valence-electron chi connectivity index (χ3n) is 4.04. The summed E-state index contributed by atoms with van der Waals surface area (Å²) in [7, 11) is 3.24. The zero-order valence-corrected chi connectivity index (χ0v) is 16.7.